The lowest BCUT2D eigenvalue weighted by atomic mass is 10.0. The van der Waals surface area contributed by atoms with Crippen molar-refractivity contribution in [3.63, 3.8) is 0 Å². The van der Waals surface area contributed by atoms with Crippen molar-refractivity contribution in [2.24, 2.45) is 0 Å². The van der Waals surface area contributed by atoms with Gasteiger partial charge in [-0.05, 0) is 48.7 Å². The number of nitrogens with one attached hydrogen (secondary N) is 1. The van der Waals surface area contributed by atoms with Crippen molar-refractivity contribution in [2.75, 3.05) is 31.6 Å². The molecular formula is C36H41N3O6S. The van der Waals surface area contributed by atoms with Gasteiger partial charge in [-0.25, -0.2) is 8.42 Å². The van der Waals surface area contributed by atoms with E-state index < -0.39 is 28.5 Å². The minimum absolute atomic E-state index is 0.0755. The Morgan fingerprint density at radius 3 is 2.04 bits per heavy atom. The summed E-state index contributed by atoms with van der Waals surface area (Å²) in [6.07, 6.45) is 0.975. The number of aryl methyl sites for hydroxylation is 1. The van der Waals surface area contributed by atoms with Gasteiger partial charge in [0.25, 0.3) is 10.0 Å². The van der Waals surface area contributed by atoms with Crippen molar-refractivity contribution in [3.8, 4) is 11.5 Å². The molecule has 0 fully saturated rings. The smallest absolute Gasteiger partial charge is 0.264 e. The molecule has 9 nitrogen and oxygen atoms in total. The summed E-state index contributed by atoms with van der Waals surface area (Å²) in [5.41, 5.74) is 3.04. The summed E-state index contributed by atoms with van der Waals surface area (Å²) in [5, 5.41) is 2.96. The Kier molecular flexibility index (Phi) is 11.8. The standard InChI is InChI=1S/C36H41N3O6S/c1-5-22-37-36(41)32(23-28-12-8-6-9-13-28)38(25-29-18-16-27(2)17-19-29)35(40)26-39(30-14-10-7-11-15-30)46(42,43)31-20-21-33(44-3)34(24-31)45-4/h6-21,24,32H,5,22-23,25-26H2,1-4H3,(H,37,41). The Morgan fingerprint density at radius 1 is 0.804 bits per heavy atom. The number of hydrogen-bond donors (Lipinski definition) is 1. The largest absolute Gasteiger partial charge is 0.493 e. The van der Waals surface area contributed by atoms with E-state index in [1.54, 1.807) is 30.3 Å². The summed E-state index contributed by atoms with van der Waals surface area (Å²) in [5.74, 6) is -0.226. The van der Waals surface area contributed by atoms with E-state index in [0.717, 1.165) is 27.4 Å². The highest BCUT2D eigenvalue weighted by molar-refractivity contribution is 7.92. The normalized spacial score (nSPS) is 11.7. The first kappa shape index (κ1) is 34.1. The quantitative estimate of drug-likeness (QED) is 0.187. The fourth-order valence-corrected chi connectivity index (χ4v) is 6.47. The third kappa shape index (κ3) is 8.45. The van der Waals surface area contributed by atoms with Gasteiger partial charge in [-0.15, -0.1) is 0 Å². The number of para-hydroxylation sites is 1. The number of nitrogens with zero attached hydrogens (tertiary/aromatic N) is 2. The fourth-order valence-electron chi connectivity index (χ4n) is 5.04. The number of amides is 2. The molecule has 242 valence electrons. The summed E-state index contributed by atoms with van der Waals surface area (Å²) < 4.78 is 40.3. The zero-order valence-electron chi connectivity index (χ0n) is 26.7. The number of benzene rings is 4. The van der Waals surface area contributed by atoms with E-state index in [0.29, 0.717) is 18.0 Å². The molecule has 4 aromatic rings. The maximum absolute atomic E-state index is 14.5. The lowest BCUT2D eigenvalue weighted by Gasteiger charge is -2.34. The Labute approximate surface area is 271 Å². The minimum atomic E-state index is -4.29. The molecule has 4 aromatic carbocycles. The van der Waals surface area contributed by atoms with Crippen molar-refractivity contribution in [2.45, 2.75) is 44.2 Å². The molecule has 0 spiro atoms. The highest BCUT2D eigenvalue weighted by Gasteiger charge is 2.35. The van der Waals surface area contributed by atoms with Crippen LogP contribution in [0.15, 0.2) is 108 Å². The van der Waals surface area contributed by atoms with E-state index >= 15 is 0 Å². The van der Waals surface area contributed by atoms with E-state index in [9.17, 15) is 18.0 Å². The van der Waals surface area contributed by atoms with Crippen LogP contribution in [0.2, 0.25) is 0 Å². The zero-order valence-corrected chi connectivity index (χ0v) is 27.5. The first-order valence-corrected chi connectivity index (χ1v) is 16.6. The zero-order chi connectivity index (χ0) is 33.1. The predicted molar refractivity (Wildman–Crippen MR) is 179 cm³/mol. The summed E-state index contributed by atoms with van der Waals surface area (Å²) in [7, 11) is -1.40. The van der Waals surface area contributed by atoms with Crippen LogP contribution < -0.4 is 19.1 Å². The van der Waals surface area contributed by atoms with Gasteiger partial charge in [0.1, 0.15) is 12.6 Å². The molecule has 0 aliphatic heterocycles. The molecule has 0 aliphatic carbocycles. The molecule has 0 aliphatic rings. The summed E-state index contributed by atoms with van der Waals surface area (Å²) >= 11 is 0. The van der Waals surface area contributed by atoms with Crippen LogP contribution in [-0.4, -0.2) is 58.5 Å². The molecule has 2 amide bonds. The first-order chi connectivity index (χ1) is 22.2. The third-order valence-corrected chi connectivity index (χ3v) is 9.33. The minimum Gasteiger partial charge on any atom is -0.493 e. The van der Waals surface area contributed by atoms with Gasteiger partial charge in [0.15, 0.2) is 11.5 Å². The Bertz CT molecular complexity index is 1700. The van der Waals surface area contributed by atoms with Crippen LogP contribution in [0.4, 0.5) is 5.69 Å². The van der Waals surface area contributed by atoms with Crippen LogP contribution in [0, 0.1) is 6.92 Å². The predicted octanol–water partition coefficient (Wildman–Crippen LogP) is 5.37. The molecule has 1 unspecified atom stereocenters. The molecule has 10 heteroatoms. The van der Waals surface area contributed by atoms with Crippen LogP contribution >= 0.6 is 0 Å². The Hall–Kier alpha value is -4.83. The van der Waals surface area contributed by atoms with Crippen molar-refractivity contribution < 1.29 is 27.5 Å². The number of methoxy groups -OCH3 is 2. The molecule has 1 N–H and O–H groups in total. The fraction of sp³-hybridized carbons (Fsp3) is 0.278. The second kappa shape index (κ2) is 15.9. The average molecular weight is 644 g/mol. The van der Waals surface area contributed by atoms with Crippen LogP contribution in [0.5, 0.6) is 11.5 Å². The molecule has 0 radical (unpaired) electrons. The maximum Gasteiger partial charge on any atom is 0.264 e. The maximum atomic E-state index is 14.5. The van der Waals surface area contributed by atoms with Gasteiger partial charge >= 0.3 is 0 Å². The summed E-state index contributed by atoms with van der Waals surface area (Å²) in [4.78, 5) is 29.7. The topological polar surface area (TPSA) is 105 Å². The lowest BCUT2D eigenvalue weighted by Crippen LogP contribution is -2.53. The van der Waals surface area contributed by atoms with Gasteiger partial charge in [0, 0.05) is 25.6 Å². The number of ether oxygens (including phenoxy) is 2. The van der Waals surface area contributed by atoms with E-state index in [2.05, 4.69) is 5.32 Å². The van der Waals surface area contributed by atoms with Gasteiger partial charge in [0.2, 0.25) is 11.8 Å². The molecule has 0 aromatic heterocycles. The highest BCUT2D eigenvalue weighted by Crippen LogP contribution is 2.32. The van der Waals surface area contributed by atoms with Gasteiger partial charge in [0.05, 0.1) is 24.8 Å². The van der Waals surface area contributed by atoms with E-state index in [-0.39, 0.29) is 29.5 Å². The van der Waals surface area contributed by atoms with Crippen molar-refractivity contribution >= 4 is 27.5 Å². The molecule has 46 heavy (non-hydrogen) atoms. The molecule has 4 rings (SSSR count). The third-order valence-electron chi connectivity index (χ3n) is 7.56. The number of rotatable bonds is 15. The summed E-state index contributed by atoms with van der Waals surface area (Å²) in [6.45, 7) is 3.94. The molecule has 1 atom stereocenters. The molecule has 0 heterocycles. The van der Waals surface area contributed by atoms with Crippen molar-refractivity contribution in [3.05, 3.63) is 120 Å². The average Bonchev–Trinajstić information content (AvgIpc) is 3.08. The molecular weight excluding hydrogens is 602 g/mol. The van der Waals surface area contributed by atoms with Crippen LogP contribution in [-0.2, 0) is 32.6 Å². The molecule has 0 saturated carbocycles. The van der Waals surface area contributed by atoms with Gasteiger partial charge in [-0.1, -0.05) is 85.3 Å². The number of anilines is 1. The first-order valence-electron chi connectivity index (χ1n) is 15.1. The Balaban J connectivity index is 1.79. The number of carbonyl (C=O) groups is 2. The van der Waals surface area contributed by atoms with Crippen LogP contribution in [0.3, 0.4) is 0 Å². The van der Waals surface area contributed by atoms with Gasteiger partial charge in [-0.2, -0.15) is 0 Å². The number of carbonyl (C=O) groups excluding carboxylic acids is 2. The number of hydrogen-bond acceptors (Lipinski definition) is 6. The number of sulfonamides is 1. The van der Waals surface area contributed by atoms with Crippen LogP contribution in [0.25, 0.3) is 0 Å². The summed E-state index contributed by atoms with van der Waals surface area (Å²) in [6, 6.07) is 29.0. The molecule has 0 saturated heterocycles. The van der Waals surface area contributed by atoms with E-state index in [1.807, 2.05) is 68.4 Å². The Morgan fingerprint density at radius 2 is 1.43 bits per heavy atom. The molecule has 0 bridgehead atoms. The van der Waals surface area contributed by atoms with Crippen molar-refractivity contribution in [1.29, 1.82) is 0 Å². The van der Waals surface area contributed by atoms with Gasteiger partial charge in [-0.3, -0.25) is 13.9 Å². The monoisotopic (exact) mass is 643 g/mol. The second-order valence-electron chi connectivity index (χ2n) is 10.9. The van der Waals surface area contributed by atoms with E-state index in [1.165, 1.54) is 37.3 Å². The van der Waals surface area contributed by atoms with E-state index in [4.69, 9.17) is 9.47 Å². The van der Waals surface area contributed by atoms with Gasteiger partial charge < -0.3 is 19.7 Å². The lowest BCUT2D eigenvalue weighted by molar-refractivity contribution is -0.140. The van der Waals surface area contributed by atoms with Crippen LogP contribution in [0.1, 0.15) is 30.0 Å². The van der Waals surface area contributed by atoms with Crippen molar-refractivity contribution in [1.82, 2.24) is 10.2 Å². The second-order valence-corrected chi connectivity index (χ2v) is 12.7. The highest BCUT2D eigenvalue weighted by atomic mass is 32.2. The SMILES string of the molecule is CCCNC(=O)C(Cc1ccccc1)N(Cc1ccc(C)cc1)C(=O)CN(c1ccccc1)S(=O)(=O)c1ccc(OC)c(OC)c1.